The highest BCUT2D eigenvalue weighted by Crippen LogP contribution is 2.31. The number of benzene rings is 2. The highest BCUT2D eigenvalue weighted by Gasteiger charge is 2.22. The molecular weight excluding hydrogens is 293 g/mol. The number of carboxylic acids is 1. The normalized spacial score (nSPS) is 13.3. The van der Waals surface area contributed by atoms with Gasteiger partial charge in [-0.1, -0.05) is 29.8 Å². The molecule has 0 fully saturated rings. The van der Waals surface area contributed by atoms with Crippen molar-refractivity contribution in [1.29, 1.82) is 0 Å². The fourth-order valence-corrected chi connectivity index (χ4v) is 2.81. The highest BCUT2D eigenvalue weighted by molar-refractivity contribution is 6.30. The van der Waals surface area contributed by atoms with Crippen molar-refractivity contribution in [2.45, 2.75) is 13.0 Å². The van der Waals surface area contributed by atoms with Crippen molar-refractivity contribution in [2.24, 2.45) is 0 Å². The van der Waals surface area contributed by atoms with Gasteiger partial charge in [-0.05, 0) is 30.2 Å². The van der Waals surface area contributed by atoms with Gasteiger partial charge in [-0.25, -0.2) is 9.18 Å². The van der Waals surface area contributed by atoms with Crippen LogP contribution in [0.1, 0.15) is 21.5 Å². The number of nitrogens with zero attached hydrogens (tertiary/aromatic N) is 1. The summed E-state index contributed by atoms with van der Waals surface area (Å²) in [5, 5.41) is 9.18. The maximum Gasteiger partial charge on any atom is 0.335 e. The number of hydrogen-bond donors (Lipinski definition) is 1. The molecule has 1 heterocycles. The largest absolute Gasteiger partial charge is 0.478 e. The minimum Gasteiger partial charge on any atom is -0.478 e. The number of fused-ring (bicyclic) bond motifs is 1. The first-order valence-electron chi connectivity index (χ1n) is 6.60. The van der Waals surface area contributed by atoms with E-state index in [4.69, 9.17) is 16.7 Å². The number of rotatable bonds is 3. The van der Waals surface area contributed by atoms with Gasteiger partial charge in [0.1, 0.15) is 5.82 Å². The van der Waals surface area contributed by atoms with E-state index in [2.05, 4.69) is 0 Å². The Labute approximate surface area is 126 Å². The van der Waals surface area contributed by atoms with Gasteiger partial charge in [0.05, 0.1) is 10.6 Å². The molecular formula is C16H13ClFNO2. The number of carbonyl (C=O) groups is 1. The van der Waals surface area contributed by atoms with Crippen LogP contribution in [0.5, 0.6) is 0 Å². The molecule has 0 spiro atoms. The SMILES string of the molecule is O=C(O)c1ccc2c(c1)N(Cc1cccc(Cl)c1F)CC2. The summed E-state index contributed by atoms with van der Waals surface area (Å²) in [6.07, 6.45) is 0.831. The summed E-state index contributed by atoms with van der Waals surface area (Å²) in [7, 11) is 0. The number of carboxylic acid groups (broad SMARTS) is 1. The zero-order valence-electron chi connectivity index (χ0n) is 11.1. The molecule has 3 rings (SSSR count). The van der Waals surface area contributed by atoms with Crippen LogP contribution in [0.2, 0.25) is 5.02 Å². The molecule has 0 bridgehead atoms. The van der Waals surface area contributed by atoms with Crippen molar-refractivity contribution >= 4 is 23.3 Å². The topological polar surface area (TPSA) is 40.5 Å². The summed E-state index contributed by atoms with van der Waals surface area (Å²) in [5.74, 6) is -1.37. The van der Waals surface area contributed by atoms with E-state index < -0.39 is 11.8 Å². The monoisotopic (exact) mass is 305 g/mol. The lowest BCUT2D eigenvalue weighted by atomic mass is 10.1. The minimum atomic E-state index is -0.960. The average molecular weight is 306 g/mol. The summed E-state index contributed by atoms with van der Waals surface area (Å²) in [5.41, 5.74) is 2.69. The summed E-state index contributed by atoms with van der Waals surface area (Å²) < 4.78 is 14.0. The molecule has 1 aliphatic heterocycles. The Balaban J connectivity index is 1.92. The molecule has 1 N–H and O–H groups in total. The molecule has 0 aliphatic carbocycles. The maximum absolute atomic E-state index is 14.0. The van der Waals surface area contributed by atoms with Crippen molar-refractivity contribution in [1.82, 2.24) is 0 Å². The van der Waals surface area contributed by atoms with Crippen molar-refractivity contribution in [2.75, 3.05) is 11.4 Å². The van der Waals surface area contributed by atoms with Crippen molar-refractivity contribution in [3.63, 3.8) is 0 Å². The Bertz CT molecular complexity index is 717. The second kappa shape index (κ2) is 5.37. The first kappa shape index (κ1) is 13.9. The van der Waals surface area contributed by atoms with Crippen LogP contribution in [-0.4, -0.2) is 17.6 Å². The van der Waals surface area contributed by atoms with E-state index >= 15 is 0 Å². The fourth-order valence-electron chi connectivity index (χ4n) is 2.62. The Morgan fingerprint density at radius 1 is 1.33 bits per heavy atom. The van der Waals surface area contributed by atoms with E-state index in [1.54, 1.807) is 24.3 Å². The van der Waals surface area contributed by atoms with Crippen molar-refractivity contribution < 1.29 is 14.3 Å². The van der Waals surface area contributed by atoms with Gasteiger partial charge in [-0.15, -0.1) is 0 Å². The van der Waals surface area contributed by atoms with Gasteiger partial charge in [-0.2, -0.15) is 0 Å². The van der Waals surface area contributed by atoms with E-state index in [9.17, 15) is 9.18 Å². The summed E-state index contributed by atoms with van der Waals surface area (Å²) in [6.45, 7) is 1.12. The molecule has 0 saturated heterocycles. The van der Waals surface area contributed by atoms with Gasteiger partial charge in [0.25, 0.3) is 0 Å². The smallest absolute Gasteiger partial charge is 0.335 e. The molecule has 2 aromatic rings. The number of aromatic carboxylic acids is 1. The van der Waals surface area contributed by atoms with Crippen molar-refractivity contribution in [3.8, 4) is 0 Å². The second-order valence-corrected chi connectivity index (χ2v) is 5.44. The zero-order chi connectivity index (χ0) is 15.0. The first-order valence-corrected chi connectivity index (χ1v) is 6.98. The van der Waals surface area contributed by atoms with E-state index in [1.165, 1.54) is 6.07 Å². The third kappa shape index (κ3) is 2.59. The maximum atomic E-state index is 14.0. The van der Waals surface area contributed by atoms with E-state index in [0.29, 0.717) is 12.1 Å². The predicted octanol–water partition coefficient (Wildman–Crippen LogP) is 3.74. The van der Waals surface area contributed by atoms with Crippen LogP contribution in [0.4, 0.5) is 10.1 Å². The number of anilines is 1. The third-order valence-electron chi connectivity index (χ3n) is 3.72. The molecule has 0 amide bonds. The number of halogens is 2. The van der Waals surface area contributed by atoms with Gasteiger partial charge in [-0.3, -0.25) is 0 Å². The van der Waals surface area contributed by atoms with Gasteiger partial charge in [0.15, 0.2) is 0 Å². The molecule has 2 aromatic carbocycles. The van der Waals surface area contributed by atoms with Gasteiger partial charge in [0.2, 0.25) is 0 Å². The summed E-state index contributed by atoms with van der Waals surface area (Å²) >= 11 is 5.80. The average Bonchev–Trinajstić information content (AvgIpc) is 2.86. The quantitative estimate of drug-likeness (QED) is 0.939. The minimum absolute atomic E-state index is 0.103. The van der Waals surface area contributed by atoms with Gasteiger partial charge >= 0.3 is 5.97 Å². The third-order valence-corrected chi connectivity index (χ3v) is 4.01. The van der Waals surface area contributed by atoms with Crippen LogP contribution in [0, 0.1) is 5.82 Å². The lowest BCUT2D eigenvalue weighted by Crippen LogP contribution is -2.20. The molecule has 5 heteroatoms. The molecule has 0 radical (unpaired) electrons. The van der Waals surface area contributed by atoms with Crippen LogP contribution in [0.3, 0.4) is 0 Å². The molecule has 108 valence electrons. The molecule has 0 aromatic heterocycles. The first-order chi connectivity index (χ1) is 10.1. The van der Waals surface area contributed by atoms with Crippen LogP contribution in [0.15, 0.2) is 36.4 Å². The lowest BCUT2D eigenvalue weighted by molar-refractivity contribution is 0.0697. The molecule has 1 aliphatic rings. The van der Waals surface area contributed by atoms with Gasteiger partial charge in [0, 0.05) is 24.3 Å². The highest BCUT2D eigenvalue weighted by atomic mass is 35.5. The Kier molecular flexibility index (Phi) is 3.55. The van der Waals surface area contributed by atoms with Crippen LogP contribution in [0.25, 0.3) is 0 Å². The Morgan fingerprint density at radius 2 is 2.14 bits per heavy atom. The lowest BCUT2D eigenvalue weighted by Gasteiger charge is -2.20. The molecule has 0 unspecified atom stereocenters. The van der Waals surface area contributed by atoms with Gasteiger partial charge < -0.3 is 10.0 Å². The summed E-state index contributed by atoms with van der Waals surface area (Å²) in [6, 6.07) is 10.00. The van der Waals surface area contributed by atoms with E-state index in [-0.39, 0.29) is 10.6 Å². The molecule has 21 heavy (non-hydrogen) atoms. The Hall–Kier alpha value is -2.07. The van der Waals surface area contributed by atoms with Crippen LogP contribution < -0.4 is 4.90 Å². The standard InChI is InChI=1S/C16H13ClFNO2/c17-13-3-1-2-12(15(13)18)9-19-7-6-10-4-5-11(16(20)21)8-14(10)19/h1-5,8H,6-7,9H2,(H,20,21). The second-order valence-electron chi connectivity index (χ2n) is 5.03. The van der Waals surface area contributed by atoms with Crippen molar-refractivity contribution in [3.05, 3.63) is 63.9 Å². The number of hydrogen-bond acceptors (Lipinski definition) is 2. The molecule has 3 nitrogen and oxygen atoms in total. The molecule has 0 atom stereocenters. The van der Waals surface area contributed by atoms with E-state index in [0.717, 1.165) is 24.2 Å². The molecule has 0 saturated carbocycles. The Morgan fingerprint density at radius 3 is 2.90 bits per heavy atom. The van der Waals surface area contributed by atoms with Crippen LogP contribution >= 0.6 is 11.6 Å². The summed E-state index contributed by atoms with van der Waals surface area (Å²) in [4.78, 5) is 13.1. The fraction of sp³-hybridized carbons (Fsp3) is 0.188. The van der Waals surface area contributed by atoms with E-state index in [1.807, 2.05) is 11.0 Å². The predicted molar refractivity (Wildman–Crippen MR) is 79.6 cm³/mol. The zero-order valence-corrected chi connectivity index (χ0v) is 11.9. The van der Waals surface area contributed by atoms with Crippen LogP contribution in [-0.2, 0) is 13.0 Å².